The van der Waals surface area contributed by atoms with E-state index in [2.05, 4.69) is 32.6 Å². The summed E-state index contributed by atoms with van der Waals surface area (Å²) in [6.45, 7) is 0. The number of rotatable bonds is 3. The second-order valence-corrected chi connectivity index (χ2v) is 5.03. The first-order chi connectivity index (χ1) is 7.78. The number of hydrogen-bond donors (Lipinski definition) is 0. The van der Waals surface area contributed by atoms with Crippen molar-refractivity contribution in [2.75, 3.05) is 6.26 Å². The van der Waals surface area contributed by atoms with Crippen LogP contribution in [0.15, 0.2) is 41.7 Å². The van der Waals surface area contributed by atoms with E-state index in [0.717, 1.165) is 10.8 Å². The molecule has 1 aromatic heterocycles. The minimum absolute atomic E-state index is 0.570. The van der Waals surface area contributed by atoms with Crippen LogP contribution in [0.3, 0.4) is 0 Å². The van der Waals surface area contributed by atoms with Crippen molar-refractivity contribution >= 4 is 34.4 Å². The summed E-state index contributed by atoms with van der Waals surface area (Å²) in [6.07, 6.45) is 3.48. The highest BCUT2D eigenvalue weighted by Crippen LogP contribution is 2.22. The average molecular weight is 344 g/mol. The van der Waals surface area contributed by atoms with Gasteiger partial charge in [0.2, 0.25) is 5.88 Å². The monoisotopic (exact) mass is 344 g/mol. The zero-order valence-electron chi connectivity index (χ0n) is 8.55. The lowest BCUT2D eigenvalue weighted by molar-refractivity contribution is 0.459. The number of hydrogen-bond acceptors (Lipinski definition) is 4. The molecule has 0 spiro atoms. The summed E-state index contributed by atoms with van der Waals surface area (Å²) >= 11 is 3.82. The van der Waals surface area contributed by atoms with Crippen LogP contribution >= 0.6 is 34.4 Å². The van der Waals surface area contributed by atoms with Gasteiger partial charge < -0.3 is 4.74 Å². The van der Waals surface area contributed by atoms with Crippen LogP contribution < -0.4 is 4.74 Å². The number of benzene rings is 1. The Morgan fingerprint density at radius 2 is 1.94 bits per heavy atom. The third-order valence-corrected chi connectivity index (χ3v) is 3.22. The van der Waals surface area contributed by atoms with Gasteiger partial charge in [-0.15, -0.1) is 11.8 Å². The third-order valence-electron chi connectivity index (χ3n) is 1.86. The summed E-state index contributed by atoms with van der Waals surface area (Å²) in [7, 11) is 0. The Kier molecular flexibility index (Phi) is 4.00. The van der Waals surface area contributed by atoms with E-state index in [4.69, 9.17) is 4.74 Å². The van der Waals surface area contributed by atoms with E-state index in [1.165, 1.54) is 9.90 Å². The van der Waals surface area contributed by atoms with E-state index >= 15 is 0 Å². The lowest BCUT2D eigenvalue weighted by Gasteiger charge is -2.04. The molecule has 5 heteroatoms. The van der Waals surface area contributed by atoms with Crippen molar-refractivity contribution in [3.05, 3.63) is 40.2 Å². The van der Waals surface area contributed by atoms with Crippen LogP contribution in [0.2, 0.25) is 0 Å². The first-order valence-corrected chi connectivity index (χ1v) is 6.88. The van der Waals surface area contributed by atoms with Gasteiger partial charge >= 0.3 is 0 Å². The third kappa shape index (κ3) is 3.08. The number of aromatic nitrogens is 2. The molecule has 0 unspecified atom stereocenters. The molecule has 0 fully saturated rings. The van der Waals surface area contributed by atoms with Gasteiger partial charge in [-0.3, -0.25) is 0 Å². The largest absolute Gasteiger partial charge is 0.439 e. The summed E-state index contributed by atoms with van der Waals surface area (Å²) in [4.78, 5) is 8.14. The van der Waals surface area contributed by atoms with Crippen LogP contribution in [-0.4, -0.2) is 16.2 Å². The number of nitrogens with zero attached hydrogens (tertiary/aromatic N) is 2. The normalized spacial score (nSPS) is 10.1. The first-order valence-electron chi connectivity index (χ1n) is 4.57. The summed E-state index contributed by atoms with van der Waals surface area (Å²) in [6, 6.07) is 9.65. The van der Waals surface area contributed by atoms with Gasteiger partial charge in [0.05, 0.1) is 0 Å². The summed E-state index contributed by atoms with van der Waals surface area (Å²) in [5.74, 6) is 1.35. The van der Waals surface area contributed by atoms with Crippen LogP contribution in [0.5, 0.6) is 11.6 Å². The van der Waals surface area contributed by atoms with Crippen molar-refractivity contribution in [1.82, 2.24) is 9.97 Å². The zero-order chi connectivity index (χ0) is 11.4. The summed E-state index contributed by atoms with van der Waals surface area (Å²) < 4.78 is 6.79. The van der Waals surface area contributed by atoms with Crippen molar-refractivity contribution in [1.29, 1.82) is 0 Å². The van der Waals surface area contributed by atoms with Crippen molar-refractivity contribution in [3.8, 4) is 11.6 Å². The number of thioether (sulfide) groups is 1. The summed E-state index contributed by atoms with van der Waals surface area (Å²) in [5.41, 5.74) is 0. The van der Waals surface area contributed by atoms with Gasteiger partial charge in [0.1, 0.15) is 17.1 Å². The maximum Gasteiger partial charge on any atom is 0.223 e. The molecule has 3 nitrogen and oxygen atoms in total. The number of halogens is 1. The lowest BCUT2D eigenvalue weighted by Crippen LogP contribution is -1.89. The molecule has 0 radical (unpaired) electrons. The average Bonchev–Trinajstić information content (AvgIpc) is 2.32. The minimum Gasteiger partial charge on any atom is -0.439 e. The molecule has 2 rings (SSSR count). The van der Waals surface area contributed by atoms with Gasteiger partial charge in [-0.05, 0) is 53.1 Å². The van der Waals surface area contributed by atoms with E-state index in [1.807, 2.05) is 36.6 Å². The standard InChI is InChI=1S/C11H9IN2OS/c1-16-11-6-10(13-7-14-11)15-9-4-2-8(12)3-5-9/h2-7H,1H3. The van der Waals surface area contributed by atoms with E-state index in [9.17, 15) is 0 Å². The highest BCUT2D eigenvalue weighted by atomic mass is 127. The van der Waals surface area contributed by atoms with E-state index in [1.54, 1.807) is 11.8 Å². The maximum absolute atomic E-state index is 5.61. The molecular weight excluding hydrogens is 335 g/mol. The molecule has 1 heterocycles. The Bertz CT molecular complexity index is 476. The van der Waals surface area contributed by atoms with Crippen LogP contribution in [0.1, 0.15) is 0 Å². The van der Waals surface area contributed by atoms with Crippen molar-refractivity contribution in [3.63, 3.8) is 0 Å². The Hall–Kier alpha value is -0.820. The second kappa shape index (κ2) is 5.49. The fourth-order valence-corrected chi connectivity index (χ4v) is 1.84. The topological polar surface area (TPSA) is 35.0 Å². The fraction of sp³-hybridized carbons (Fsp3) is 0.0909. The Morgan fingerprint density at radius 1 is 1.19 bits per heavy atom. The van der Waals surface area contributed by atoms with Crippen LogP contribution in [0.25, 0.3) is 0 Å². The van der Waals surface area contributed by atoms with E-state index in [-0.39, 0.29) is 0 Å². The predicted molar refractivity (Wildman–Crippen MR) is 73.0 cm³/mol. The van der Waals surface area contributed by atoms with Gasteiger partial charge in [0.15, 0.2) is 0 Å². The smallest absolute Gasteiger partial charge is 0.223 e. The van der Waals surface area contributed by atoms with E-state index < -0.39 is 0 Å². The van der Waals surface area contributed by atoms with Gasteiger partial charge in [-0.1, -0.05) is 0 Å². The molecule has 2 aromatic rings. The zero-order valence-corrected chi connectivity index (χ0v) is 11.5. The highest BCUT2D eigenvalue weighted by molar-refractivity contribution is 14.1. The quantitative estimate of drug-likeness (QED) is 0.484. The molecule has 0 saturated heterocycles. The molecule has 0 N–H and O–H groups in total. The molecule has 1 aromatic carbocycles. The van der Waals surface area contributed by atoms with Crippen molar-refractivity contribution in [2.24, 2.45) is 0 Å². The van der Waals surface area contributed by atoms with Crippen molar-refractivity contribution < 1.29 is 4.74 Å². The Labute approximate surface area is 112 Å². The molecule has 16 heavy (non-hydrogen) atoms. The molecule has 0 aliphatic carbocycles. The molecule has 0 aliphatic rings. The van der Waals surface area contributed by atoms with Crippen LogP contribution in [-0.2, 0) is 0 Å². The van der Waals surface area contributed by atoms with Crippen LogP contribution in [0, 0.1) is 3.57 Å². The SMILES string of the molecule is CSc1cc(Oc2ccc(I)cc2)ncn1. The van der Waals surface area contributed by atoms with Gasteiger partial charge in [-0.2, -0.15) is 0 Å². The molecule has 0 bridgehead atoms. The molecule has 0 aliphatic heterocycles. The minimum atomic E-state index is 0.570. The molecule has 0 amide bonds. The molecule has 0 saturated carbocycles. The Balaban J connectivity index is 2.16. The van der Waals surface area contributed by atoms with Gasteiger partial charge in [0.25, 0.3) is 0 Å². The Morgan fingerprint density at radius 3 is 2.62 bits per heavy atom. The maximum atomic E-state index is 5.61. The van der Waals surface area contributed by atoms with Crippen LogP contribution in [0.4, 0.5) is 0 Å². The fourth-order valence-electron chi connectivity index (χ4n) is 1.11. The van der Waals surface area contributed by atoms with Gasteiger partial charge in [0, 0.05) is 9.64 Å². The second-order valence-electron chi connectivity index (χ2n) is 2.95. The summed E-state index contributed by atoms with van der Waals surface area (Å²) in [5, 5.41) is 0.899. The first kappa shape index (κ1) is 11.7. The predicted octanol–water partition coefficient (Wildman–Crippen LogP) is 3.60. The molecule has 82 valence electrons. The lowest BCUT2D eigenvalue weighted by atomic mass is 10.3. The molecule has 0 atom stereocenters. The van der Waals surface area contributed by atoms with Crippen molar-refractivity contribution in [2.45, 2.75) is 5.03 Å². The van der Waals surface area contributed by atoms with Gasteiger partial charge in [-0.25, -0.2) is 9.97 Å². The molecular formula is C11H9IN2OS. The number of ether oxygens (including phenoxy) is 1. The van der Waals surface area contributed by atoms with E-state index in [0.29, 0.717) is 5.88 Å². The highest BCUT2D eigenvalue weighted by Gasteiger charge is 2.00.